The highest BCUT2D eigenvalue weighted by atomic mass is 15.0. The van der Waals surface area contributed by atoms with Crippen LogP contribution in [0.15, 0.2) is 127 Å². The molecule has 0 aliphatic rings. The Balaban J connectivity index is 1.43. The third-order valence-electron chi connectivity index (χ3n) is 10.7. The van der Waals surface area contributed by atoms with E-state index in [2.05, 4.69) is 153 Å². The fourth-order valence-electron chi connectivity index (χ4n) is 8.21. The van der Waals surface area contributed by atoms with Gasteiger partial charge in [-0.15, -0.1) is 0 Å². The number of aryl methyl sites for hydroxylation is 5. The van der Waals surface area contributed by atoms with Gasteiger partial charge in [0.1, 0.15) is 0 Å². The molecule has 0 atom stereocenters. The minimum Gasteiger partial charge on any atom is -0.309 e. The van der Waals surface area contributed by atoms with Crippen LogP contribution in [0.1, 0.15) is 38.9 Å². The molecule has 0 saturated heterocycles. The van der Waals surface area contributed by atoms with E-state index in [-0.39, 0.29) is 0 Å². The summed E-state index contributed by atoms with van der Waals surface area (Å²) in [5.74, 6) is 0. The molecule has 0 bridgehead atoms. The van der Waals surface area contributed by atoms with Crippen LogP contribution in [0.4, 0.5) is 0 Å². The highest BCUT2D eigenvalue weighted by Crippen LogP contribution is 2.43. The molecule has 2 heterocycles. The zero-order valence-corrected chi connectivity index (χ0v) is 30.4. The monoisotopic (exact) mass is 680 g/mol. The zero-order chi connectivity index (χ0) is 36.5. The molecule has 0 saturated carbocycles. The highest BCUT2D eigenvalue weighted by Gasteiger charge is 2.22. The number of hydrogen-bond acceptors (Lipinski definition) is 2. The van der Waals surface area contributed by atoms with Gasteiger partial charge in [0, 0.05) is 32.7 Å². The first kappa shape index (κ1) is 32.1. The van der Waals surface area contributed by atoms with E-state index >= 15 is 0 Å². The molecule has 0 radical (unpaired) electrons. The van der Waals surface area contributed by atoms with Gasteiger partial charge in [-0.1, -0.05) is 58.7 Å². The number of nitriles is 2. The summed E-state index contributed by atoms with van der Waals surface area (Å²) < 4.78 is 4.75. The summed E-state index contributed by atoms with van der Waals surface area (Å²) in [7, 11) is 0. The third-order valence-corrected chi connectivity index (χ3v) is 10.7. The Morgan fingerprint density at radius 1 is 0.377 bits per heavy atom. The van der Waals surface area contributed by atoms with Gasteiger partial charge in [0.15, 0.2) is 0 Å². The molecular weight excluding hydrogens is 645 g/mol. The Labute approximate surface area is 309 Å². The van der Waals surface area contributed by atoms with E-state index in [1.165, 1.54) is 43.8 Å². The molecule has 4 nitrogen and oxygen atoms in total. The standard InChI is InChI=1S/C49H36N4/c1-29-6-14-44-38(20-29)39-21-30(2)7-15-45(39)52(44)48-18-11-35(28-51)25-42(48)43-26-36(37-13-10-34(27-50)24-33(37)5)12-19-49(43)53-46-16-8-31(3)22-40(46)41-23-32(4)9-17-47(41)53/h6-26H,1-5H3. The van der Waals surface area contributed by atoms with Crippen LogP contribution in [-0.2, 0) is 0 Å². The van der Waals surface area contributed by atoms with E-state index in [1.54, 1.807) is 0 Å². The molecule has 252 valence electrons. The van der Waals surface area contributed by atoms with E-state index in [0.717, 1.165) is 61.3 Å². The zero-order valence-electron chi connectivity index (χ0n) is 30.4. The van der Waals surface area contributed by atoms with E-state index in [0.29, 0.717) is 11.1 Å². The fraction of sp³-hybridized carbons (Fsp3) is 0.102. The van der Waals surface area contributed by atoms with Gasteiger partial charge in [-0.05, 0) is 142 Å². The second kappa shape index (κ2) is 12.1. The van der Waals surface area contributed by atoms with Crippen molar-refractivity contribution in [2.24, 2.45) is 0 Å². The summed E-state index contributed by atoms with van der Waals surface area (Å²) >= 11 is 0. The Morgan fingerprint density at radius 3 is 1.21 bits per heavy atom. The van der Waals surface area contributed by atoms with Crippen LogP contribution in [-0.4, -0.2) is 9.13 Å². The van der Waals surface area contributed by atoms with Crippen LogP contribution in [0, 0.1) is 57.3 Å². The van der Waals surface area contributed by atoms with E-state index in [1.807, 2.05) is 30.3 Å². The highest BCUT2D eigenvalue weighted by molar-refractivity contribution is 6.12. The Hall–Kier alpha value is -6.88. The molecule has 9 rings (SSSR count). The second-order valence-electron chi connectivity index (χ2n) is 14.5. The molecule has 9 aromatic rings. The minimum absolute atomic E-state index is 0.593. The number of aromatic nitrogens is 2. The van der Waals surface area contributed by atoms with E-state index < -0.39 is 0 Å². The molecule has 2 aromatic heterocycles. The van der Waals surface area contributed by atoms with Crippen molar-refractivity contribution in [3.8, 4) is 45.8 Å². The number of benzene rings is 7. The van der Waals surface area contributed by atoms with Crippen molar-refractivity contribution in [1.82, 2.24) is 9.13 Å². The van der Waals surface area contributed by atoms with Gasteiger partial charge in [-0.2, -0.15) is 10.5 Å². The van der Waals surface area contributed by atoms with Gasteiger partial charge in [0.25, 0.3) is 0 Å². The van der Waals surface area contributed by atoms with E-state index in [4.69, 9.17) is 0 Å². The first-order valence-electron chi connectivity index (χ1n) is 18.0. The Morgan fingerprint density at radius 2 is 0.774 bits per heavy atom. The molecule has 53 heavy (non-hydrogen) atoms. The molecule has 0 N–H and O–H groups in total. The molecule has 0 fully saturated rings. The van der Waals surface area contributed by atoms with Gasteiger partial charge in [0.05, 0.1) is 56.7 Å². The molecule has 0 amide bonds. The lowest BCUT2D eigenvalue weighted by Gasteiger charge is -2.20. The van der Waals surface area contributed by atoms with Crippen molar-refractivity contribution >= 4 is 43.6 Å². The van der Waals surface area contributed by atoms with Gasteiger partial charge >= 0.3 is 0 Å². The van der Waals surface area contributed by atoms with Crippen LogP contribution in [0.2, 0.25) is 0 Å². The maximum absolute atomic E-state index is 10.4. The number of fused-ring (bicyclic) bond motifs is 6. The number of hydrogen-bond donors (Lipinski definition) is 0. The van der Waals surface area contributed by atoms with Crippen molar-refractivity contribution in [2.45, 2.75) is 34.6 Å². The average Bonchev–Trinajstić information content (AvgIpc) is 3.65. The summed E-state index contributed by atoms with van der Waals surface area (Å²) in [5.41, 5.74) is 17.7. The summed E-state index contributed by atoms with van der Waals surface area (Å²) in [6.07, 6.45) is 0. The summed E-state index contributed by atoms with van der Waals surface area (Å²) in [6.45, 7) is 10.6. The fourth-order valence-corrected chi connectivity index (χ4v) is 8.21. The third kappa shape index (κ3) is 5.11. The predicted octanol–water partition coefficient (Wildman–Crippen LogP) is 12.5. The molecule has 4 heteroatoms. The summed E-state index contributed by atoms with van der Waals surface area (Å²) in [4.78, 5) is 0. The topological polar surface area (TPSA) is 57.4 Å². The summed E-state index contributed by atoms with van der Waals surface area (Å²) in [5, 5.41) is 24.8. The first-order valence-corrected chi connectivity index (χ1v) is 18.0. The summed E-state index contributed by atoms with van der Waals surface area (Å²) in [6, 6.07) is 50.1. The quantitative estimate of drug-likeness (QED) is 0.186. The lowest BCUT2D eigenvalue weighted by atomic mass is 9.92. The molecular formula is C49H36N4. The van der Waals surface area contributed by atoms with Gasteiger partial charge in [-0.25, -0.2) is 0 Å². The lowest BCUT2D eigenvalue weighted by Crippen LogP contribution is -2.03. The maximum Gasteiger partial charge on any atom is 0.0991 e. The van der Waals surface area contributed by atoms with Crippen molar-refractivity contribution < 1.29 is 0 Å². The van der Waals surface area contributed by atoms with Crippen LogP contribution < -0.4 is 0 Å². The first-order chi connectivity index (χ1) is 25.7. The minimum atomic E-state index is 0.593. The normalized spacial score (nSPS) is 11.5. The Bertz CT molecular complexity index is 2960. The molecule has 0 spiro atoms. The molecule has 7 aromatic carbocycles. The number of nitrogens with zero attached hydrogens (tertiary/aromatic N) is 4. The van der Waals surface area contributed by atoms with Crippen molar-refractivity contribution in [3.05, 3.63) is 166 Å². The molecule has 0 aliphatic carbocycles. The van der Waals surface area contributed by atoms with Crippen LogP contribution in [0.5, 0.6) is 0 Å². The second-order valence-corrected chi connectivity index (χ2v) is 14.5. The number of rotatable bonds is 4. The largest absolute Gasteiger partial charge is 0.309 e. The van der Waals surface area contributed by atoms with Gasteiger partial charge < -0.3 is 9.13 Å². The van der Waals surface area contributed by atoms with Crippen LogP contribution >= 0.6 is 0 Å². The van der Waals surface area contributed by atoms with Crippen molar-refractivity contribution in [2.75, 3.05) is 0 Å². The SMILES string of the molecule is Cc1ccc2c(c1)c1cc(C)ccc1n2-c1ccc(C#N)cc1-c1cc(-c2ccc(C#N)cc2C)ccc1-n1c2ccc(C)cc2c2cc(C)ccc21. The average molecular weight is 681 g/mol. The van der Waals surface area contributed by atoms with Gasteiger partial charge in [0.2, 0.25) is 0 Å². The van der Waals surface area contributed by atoms with Crippen molar-refractivity contribution in [3.63, 3.8) is 0 Å². The van der Waals surface area contributed by atoms with E-state index in [9.17, 15) is 10.5 Å². The smallest absolute Gasteiger partial charge is 0.0991 e. The maximum atomic E-state index is 10.4. The predicted molar refractivity (Wildman–Crippen MR) is 219 cm³/mol. The van der Waals surface area contributed by atoms with Crippen LogP contribution in [0.25, 0.3) is 77.2 Å². The lowest BCUT2D eigenvalue weighted by molar-refractivity contribution is 1.16. The molecule has 0 aliphatic heterocycles. The van der Waals surface area contributed by atoms with Crippen LogP contribution in [0.3, 0.4) is 0 Å². The van der Waals surface area contributed by atoms with Crippen molar-refractivity contribution in [1.29, 1.82) is 10.5 Å². The van der Waals surface area contributed by atoms with Gasteiger partial charge in [-0.3, -0.25) is 0 Å². The molecule has 0 unspecified atom stereocenters. The Kier molecular flexibility index (Phi) is 7.33.